The summed E-state index contributed by atoms with van der Waals surface area (Å²) in [6.07, 6.45) is 5.49. The number of halogens is 2. The van der Waals surface area contributed by atoms with Crippen molar-refractivity contribution in [2.45, 2.75) is 32.1 Å². The van der Waals surface area contributed by atoms with Gasteiger partial charge in [0.15, 0.2) is 0 Å². The van der Waals surface area contributed by atoms with Crippen LogP contribution in [0.5, 0.6) is 0 Å². The van der Waals surface area contributed by atoms with E-state index in [1.807, 2.05) is 0 Å². The van der Waals surface area contributed by atoms with E-state index in [2.05, 4.69) is 15.9 Å². The van der Waals surface area contributed by atoms with Crippen molar-refractivity contribution < 1.29 is 9.18 Å². The number of fused-ring (bicyclic) bond motifs is 1. The molecule has 0 heterocycles. The van der Waals surface area contributed by atoms with Crippen LogP contribution >= 0.6 is 15.9 Å². The number of hydrogen-bond donors (Lipinski definition) is 0. The highest BCUT2D eigenvalue weighted by Crippen LogP contribution is 2.56. The Bertz CT molecular complexity index is 473. The topological polar surface area (TPSA) is 17.1 Å². The van der Waals surface area contributed by atoms with Gasteiger partial charge >= 0.3 is 0 Å². The van der Waals surface area contributed by atoms with Crippen LogP contribution in [0.15, 0.2) is 22.7 Å². The summed E-state index contributed by atoms with van der Waals surface area (Å²) < 4.78 is 13.6. The number of carbonyl (C=O) groups is 1. The summed E-state index contributed by atoms with van der Waals surface area (Å²) >= 11 is 3.16. The lowest BCUT2D eigenvalue weighted by atomic mass is 10.0. The van der Waals surface area contributed by atoms with Gasteiger partial charge in [0.2, 0.25) is 0 Å². The molecule has 0 amide bonds. The highest BCUT2D eigenvalue weighted by molar-refractivity contribution is 9.10. The van der Waals surface area contributed by atoms with Crippen molar-refractivity contribution >= 4 is 21.7 Å². The average Bonchev–Trinajstić information content (AvgIpc) is 3.08. The lowest BCUT2D eigenvalue weighted by Gasteiger charge is -2.04. The van der Waals surface area contributed by atoms with Crippen molar-refractivity contribution in [2.75, 3.05) is 0 Å². The predicted octanol–water partition coefficient (Wildman–Crippen LogP) is 4.14. The van der Waals surface area contributed by atoms with E-state index < -0.39 is 0 Å². The summed E-state index contributed by atoms with van der Waals surface area (Å²) in [6, 6.07) is 4.86. The maximum Gasteiger partial charge on any atom is 0.140 e. The van der Waals surface area contributed by atoms with Crippen LogP contribution in [0.4, 0.5) is 4.39 Å². The lowest BCUT2D eigenvalue weighted by molar-refractivity contribution is -0.120. The summed E-state index contributed by atoms with van der Waals surface area (Å²) in [5.41, 5.74) is 0.914. The zero-order valence-corrected chi connectivity index (χ0v) is 11.7. The van der Waals surface area contributed by atoms with Gasteiger partial charge in [0, 0.05) is 12.3 Å². The molecule has 1 aromatic rings. The lowest BCUT2D eigenvalue weighted by Crippen LogP contribution is -2.07. The molecule has 2 atom stereocenters. The molecule has 3 rings (SSSR count). The van der Waals surface area contributed by atoms with Crippen LogP contribution in [0.2, 0.25) is 0 Å². The van der Waals surface area contributed by atoms with Gasteiger partial charge < -0.3 is 0 Å². The largest absolute Gasteiger partial charge is 0.299 e. The minimum atomic E-state index is -0.272. The Kier molecular flexibility index (Phi) is 3.27. The Morgan fingerprint density at radius 2 is 1.94 bits per heavy atom. The van der Waals surface area contributed by atoms with E-state index in [1.165, 1.54) is 31.7 Å². The van der Waals surface area contributed by atoms with E-state index in [0.717, 1.165) is 5.56 Å². The SMILES string of the molecule is O=C(Cc1ccc(F)c(Br)c1)C1C2CCCCC21. The molecule has 0 radical (unpaired) electrons. The third-order valence-corrected chi connectivity index (χ3v) is 5.00. The molecule has 2 fully saturated rings. The molecule has 0 N–H and O–H groups in total. The van der Waals surface area contributed by atoms with Gasteiger partial charge in [-0.25, -0.2) is 4.39 Å². The second kappa shape index (κ2) is 4.76. The minimum absolute atomic E-state index is 0.272. The Labute approximate surface area is 115 Å². The molecule has 0 saturated heterocycles. The molecular weight excluding hydrogens is 295 g/mol. The fourth-order valence-corrected chi connectivity index (χ4v) is 3.86. The van der Waals surface area contributed by atoms with E-state index in [-0.39, 0.29) is 5.82 Å². The molecule has 96 valence electrons. The third kappa shape index (κ3) is 2.25. The summed E-state index contributed by atoms with van der Waals surface area (Å²) in [4.78, 5) is 12.2. The van der Waals surface area contributed by atoms with Gasteiger partial charge in [0.1, 0.15) is 11.6 Å². The Balaban J connectivity index is 1.66. The number of rotatable bonds is 3. The van der Waals surface area contributed by atoms with E-state index in [1.54, 1.807) is 12.1 Å². The molecule has 1 nitrogen and oxygen atoms in total. The number of Topliss-reactive ketones (excluding diaryl/α,β-unsaturated/α-hetero) is 1. The fraction of sp³-hybridized carbons (Fsp3) is 0.533. The predicted molar refractivity (Wildman–Crippen MR) is 71.7 cm³/mol. The average molecular weight is 311 g/mol. The molecule has 2 aliphatic carbocycles. The van der Waals surface area contributed by atoms with Gasteiger partial charge in [0.25, 0.3) is 0 Å². The van der Waals surface area contributed by atoms with Gasteiger partial charge in [0.05, 0.1) is 4.47 Å². The van der Waals surface area contributed by atoms with E-state index in [4.69, 9.17) is 0 Å². The summed E-state index contributed by atoms with van der Waals surface area (Å²) in [6.45, 7) is 0. The van der Waals surface area contributed by atoms with Gasteiger partial charge in [-0.15, -0.1) is 0 Å². The molecule has 3 heteroatoms. The fourth-order valence-electron chi connectivity index (χ4n) is 3.44. The highest BCUT2D eigenvalue weighted by Gasteiger charge is 2.53. The molecule has 18 heavy (non-hydrogen) atoms. The molecule has 1 aromatic carbocycles. The van der Waals surface area contributed by atoms with Crippen molar-refractivity contribution in [2.24, 2.45) is 17.8 Å². The Morgan fingerprint density at radius 3 is 2.56 bits per heavy atom. The first-order valence-electron chi connectivity index (χ1n) is 6.63. The van der Waals surface area contributed by atoms with E-state index in [0.29, 0.717) is 34.4 Å². The molecule has 2 aliphatic rings. The molecule has 0 aromatic heterocycles. The van der Waals surface area contributed by atoms with Crippen molar-refractivity contribution in [1.82, 2.24) is 0 Å². The van der Waals surface area contributed by atoms with Crippen LogP contribution in [0, 0.1) is 23.6 Å². The van der Waals surface area contributed by atoms with Crippen molar-refractivity contribution in [3.8, 4) is 0 Å². The van der Waals surface area contributed by atoms with E-state index >= 15 is 0 Å². The Morgan fingerprint density at radius 1 is 1.28 bits per heavy atom. The van der Waals surface area contributed by atoms with Gasteiger partial charge in [-0.05, 0) is 58.3 Å². The molecule has 0 bridgehead atoms. The molecular formula is C15H16BrFO. The monoisotopic (exact) mass is 310 g/mol. The second-order valence-corrected chi connectivity index (χ2v) is 6.38. The summed E-state index contributed by atoms with van der Waals surface area (Å²) in [5.74, 6) is 1.71. The normalized spacial score (nSPS) is 29.8. The van der Waals surface area contributed by atoms with Crippen LogP contribution in [0.3, 0.4) is 0 Å². The summed E-state index contributed by atoms with van der Waals surface area (Å²) in [5, 5.41) is 0. The molecule has 2 unspecified atom stereocenters. The number of carbonyl (C=O) groups excluding carboxylic acids is 1. The first-order valence-corrected chi connectivity index (χ1v) is 7.43. The maximum absolute atomic E-state index is 13.1. The van der Waals surface area contributed by atoms with Crippen LogP contribution in [-0.4, -0.2) is 5.78 Å². The first-order chi connectivity index (χ1) is 8.66. The summed E-state index contributed by atoms with van der Waals surface area (Å²) in [7, 11) is 0. The van der Waals surface area contributed by atoms with E-state index in [9.17, 15) is 9.18 Å². The van der Waals surface area contributed by atoms with Crippen LogP contribution in [0.1, 0.15) is 31.2 Å². The zero-order valence-electron chi connectivity index (χ0n) is 10.2. The maximum atomic E-state index is 13.1. The van der Waals surface area contributed by atoms with Crippen molar-refractivity contribution in [3.05, 3.63) is 34.1 Å². The smallest absolute Gasteiger partial charge is 0.140 e. The quantitative estimate of drug-likeness (QED) is 0.820. The van der Waals surface area contributed by atoms with Crippen LogP contribution < -0.4 is 0 Å². The molecule has 2 saturated carbocycles. The first kappa shape index (κ1) is 12.3. The Hall–Kier alpha value is -0.700. The minimum Gasteiger partial charge on any atom is -0.299 e. The molecule has 0 aliphatic heterocycles. The third-order valence-electron chi connectivity index (χ3n) is 4.39. The standard InChI is InChI=1S/C15H16BrFO/c16-12-7-9(5-6-13(12)17)8-14(18)15-10-3-1-2-4-11(10)15/h5-7,10-11,15H,1-4,8H2. The van der Waals surface area contributed by atoms with Crippen molar-refractivity contribution in [3.63, 3.8) is 0 Å². The van der Waals surface area contributed by atoms with Crippen molar-refractivity contribution in [1.29, 1.82) is 0 Å². The molecule has 0 spiro atoms. The highest BCUT2D eigenvalue weighted by atomic mass is 79.9. The van der Waals surface area contributed by atoms with Crippen LogP contribution in [0.25, 0.3) is 0 Å². The van der Waals surface area contributed by atoms with Crippen LogP contribution in [-0.2, 0) is 11.2 Å². The zero-order chi connectivity index (χ0) is 12.7. The second-order valence-electron chi connectivity index (χ2n) is 5.53. The number of ketones is 1. The van der Waals surface area contributed by atoms with Gasteiger partial charge in [-0.2, -0.15) is 0 Å². The van der Waals surface area contributed by atoms with Gasteiger partial charge in [-0.3, -0.25) is 4.79 Å². The number of hydrogen-bond acceptors (Lipinski definition) is 1. The number of benzene rings is 1. The van der Waals surface area contributed by atoms with Gasteiger partial charge in [-0.1, -0.05) is 18.9 Å².